The molecule has 3 rings (SSSR count). The molecule has 0 saturated carbocycles. The Labute approximate surface area is 176 Å². The molecule has 0 atom stereocenters. The molecule has 1 aromatic heterocycles. The number of likely N-dealkylation sites (tertiary alicyclic amines) is 1. The summed E-state index contributed by atoms with van der Waals surface area (Å²) in [4.78, 5) is 30.5. The highest BCUT2D eigenvalue weighted by molar-refractivity contribution is 7.09. The van der Waals surface area contributed by atoms with E-state index in [1.165, 1.54) is 16.9 Å². The van der Waals surface area contributed by atoms with Gasteiger partial charge in [-0.1, -0.05) is 26.0 Å². The maximum atomic E-state index is 12.4. The number of piperidine rings is 1. The van der Waals surface area contributed by atoms with Crippen LogP contribution in [0.1, 0.15) is 47.7 Å². The molecule has 2 heterocycles. The number of thiazole rings is 1. The number of benzene rings is 1. The normalized spacial score (nSPS) is 15.6. The van der Waals surface area contributed by atoms with Crippen molar-refractivity contribution in [3.63, 3.8) is 0 Å². The third-order valence-corrected chi connectivity index (χ3v) is 6.16. The molecule has 6 nitrogen and oxygen atoms in total. The van der Waals surface area contributed by atoms with E-state index in [-0.39, 0.29) is 17.7 Å². The van der Waals surface area contributed by atoms with Gasteiger partial charge >= 0.3 is 0 Å². The molecule has 0 radical (unpaired) electrons. The Kier molecular flexibility index (Phi) is 7.39. The SMILES string of the molecule is CC(C)Cc1nc(C(=O)Nc2ccc(CCN3CCC(C(N)=O)CC3)cc2)cs1. The monoisotopic (exact) mass is 414 g/mol. The second-order valence-corrected chi connectivity index (χ2v) is 9.09. The van der Waals surface area contributed by atoms with E-state index in [2.05, 4.69) is 41.2 Å². The highest BCUT2D eigenvalue weighted by atomic mass is 32.1. The minimum atomic E-state index is -0.170. The largest absolute Gasteiger partial charge is 0.369 e. The van der Waals surface area contributed by atoms with Crippen molar-refractivity contribution in [1.29, 1.82) is 0 Å². The lowest BCUT2D eigenvalue weighted by molar-refractivity contribution is -0.123. The van der Waals surface area contributed by atoms with Gasteiger partial charge in [-0.15, -0.1) is 11.3 Å². The van der Waals surface area contributed by atoms with Crippen LogP contribution < -0.4 is 11.1 Å². The zero-order chi connectivity index (χ0) is 20.8. The second-order valence-electron chi connectivity index (χ2n) is 8.14. The first kappa shape index (κ1) is 21.5. The predicted molar refractivity (Wildman–Crippen MR) is 117 cm³/mol. The van der Waals surface area contributed by atoms with Gasteiger partial charge in [0.1, 0.15) is 5.69 Å². The first-order valence-electron chi connectivity index (χ1n) is 10.3. The van der Waals surface area contributed by atoms with E-state index in [4.69, 9.17) is 5.73 Å². The van der Waals surface area contributed by atoms with Crippen molar-refractivity contribution in [3.8, 4) is 0 Å². The standard InChI is InChI=1S/C22H30N4O2S/c1-15(2)13-20-25-19(14-29-20)22(28)24-18-5-3-16(4-6-18)7-10-26-11-8-17(9-12-26)21(23)27/h3-6,14-15,17H,7-13H2,1-2H3,(H2,23,27)(H,24,28). The molecule has 1 aliphatic rings. The van der Waals surface area contributed by atoms with E-state index in [0.29, 0.717) is 11.6 Å². The van der Waals surface area contributed by atoms with Crippen molar-refractivity contribution in [3.05, 3.63) is 45.9 Å². The molecule has 156 valence electrons. The van der Waals surface area contributed by atoms with Crippen LogP contribution in [-0.4, -0.2) is 41.3 Å². The number of amides is 2. The van der Waals surface area contributed by atoms with Crippen LogP contribution >= 0.6 is 11.3 Å². The van der Waals surface area contributed by atoms with Crippen LogP contribution in [0.4, 0.5) is 5.69 Å². The van der Waals surface area contributed by atoms with Crippen LogP contribution in [0.3, 0.4) is 0 Å². The second kappa shape index (κ2) is 9.98. The summed E-state index contributed by atoms with van der Waals surface area (Å²) in [5, 5.41) is 5.75. The summed E-state index contributed by atoms with van der Waals surface area (Å²) in [5.74, 6) is 0.227. The summed E-state index contributed by atoms with van der Waals surface area (Å²) < 4.78 is 0. The number of hydrogen-bond acceptors (Lipinski definition) is 5. The molecule has 7 heteroatoms. The number of nitrogens with two attached hydrogens (primary N) is 1. The minimum absolute atomic E-state index is 0.0355. The zero-order valence-electron chi connectivity index (χ0n) is 17.2. The van der Waals surface area contributed by atoms with Gasteiger partial charge in [-0.05, 0) is 56.0 Å². The number of carbonyl (C=O) groups excluding carboxylic acids is 2. The van der Waals surface area contributed by atoms with Gasteiger partial charge in [0, 0.05) is 30.0 Å². The fraction of sp³-hybridized carbons (Fsp3) is 0.500. The average Bonchev–Trinajstić information content (AvgIpc) is 3.15. The molecule has 0 spiro atoms. The van der Waals surface area contributed by atoms with Gasteiger partial charge < -0.3 is 16.0 Å². The summed E-state index contributed by atoms with van der Waals surface area (Å²) in [6, 6.07) is 7.98. The molecule has 0 aliphatic carbocycles. The van der Waals surface area contributed by atoms with Crippen molar-refractivity contribution in [2.45, 2.75) is 39.5 Å². The minimum Gasteiger partial charge on any atom is -0.369 e. The molecule has 0 bridgehead atoms. The number of aromatic nitrogens is 1. The Morgan fingerprint density at radius 1 is 1.24 bits per heavy atom. The molecular formula is C22H30N4O2S. The summed E-state index contributed by atoms with van der Waals surface area (Å²) >= 11 is 1.54. The number of nitrogens with one attached hydrogen (secondary N) is 1. The summed E-state index contributed by atoms with van der Waals surface area (Å²) in [5.41, 5.74) is 7.88. The smallest absolute Gasteiger partial charge is 0.275 e. The van der Waals surface area contributed by atoms with Crippen molar-refractivity contribution in [2.24, 2.45) is 17.6 Å². The van der Waals surface area contributed by atoms with Gasteiger partial charge in [0.25, 0.3) is 5.91 Å². The van der Waals surface area contributed by atoms with Crippen LogP contribution in [0.15, 0.2) is 29.6 Å². The highest BCUT2D eigenvalue weighted by Gasteiger charge is 2.22. The van der Waals surface area contributed by atoms with Crippen molar-refractivity contribution in [1.82, 2.24) is 9.88 Å². The van der Waals surface area contributed by atoms with Gasteiger partial charge in [0.15, 0.2) is 0 Å². The van der Waals surface area contributed by atoms with Crippen LogP contribution in [0.25, 0.3) is 0 Å². The van der Waals surface area contributed by atoms with E-state index in [1.54, 1.807) is 0 Å². The first-order valence-corrected chi connectivity index (χ1v) is 11.1. The van der Waals surface area contributed by atoms with Crippen molar-refractivity contribution < 1.29 is 9.59 Å². The molecule has 1 saturated heterocycles. The Hall–Kier alpha value is -2.25. The lowest BCUT2D eigenvalue weighted by Crippen LogP contribution is -2.39. The summed E-state index contributed by atoms with van der Waals surface area (Å²) in [7, 11) is 0. The van der Waals surface area contributed by atoms with E-state index < -0.39 is 0 Å². The highest BCUT2D eigenvalue weighted by Crippen LogP contribution is 2.18. The van der Waals surface area contributed by atoms with Crippen LogP contribution in [-0.2, 0) is 17.6 Å². The van der Waals surface area contributed by atoms with Gasteiger partial charge in [-0.25, -0.2) is 4.98 Å². The Bertz CT molecular complexity index is 824. The van der Waals surface area contributed by atoms with Gasteiger partial charge in [0.2, 0.25) is 5.91 Å². The fourth-order valence-electron chi connectivity index (χ4n) is 3.54. The molecule has 1 aliphatic heterocycles. The molecule has 2 aromatic rings. The molecule has 2 amide bonds. The third-order valence-electron chi connectivity index (χ3n) is 5.29. The van der Waals surface area contributed by atoms with Crippen LogP contribution in [0.5, 0.6) is 0 Å². The maximum Gasteiger partial charge on any atom is 0.275 e. The topological polar surface area (TPSA) is 88.3 Å². The maximum absolute atomic E-state index is 12.4. The number of carbonyl (C=O) groups is 2. The average molecular weight is 415 g/mol. The van der Waals surface area contributed by atoms with E-state index in [1.807, 2.05) is 17.5 Å². The number of hydrogen-bond donors (Lipinski definition) is 2. The van der Waals surface area contributed by atoms with Gasteiger partial charge in [0.05, 0.1) is 5.01 Å². The molecule has 1 fully saturated rings. The lowest BCUT2D eigenvalue weighted by Gasteiger charge is -2.30. The number of primary amides is 1. The number of nitrogens with zero attached hydrogens (tertiary/aromatic N) is 2. The van der Waals surface area contributed by atoms with E-state index >= 15 is 0 Å². The predicted octanol–water partition coefficient (Wildman–Crippen LogP) is 3.33. The molecule has 3 N–H and O–H groups in total. The van der Waals surface area contributed by atoms with Gasteiger partial charge in [-0.3, -0.25) is 9.59 Å². The van der Waals surface area contributed by atoms with Crippen LogP contribution in [0, 0.1) is 11.8 Å². The summed E-state index contributed by atoms with van der Waals surface area (Å²) in [6.45, 7) is 7.11. The molecule has 29 heavy (non-hydrogen) atoms. The molecular weight excluding hydrogens is 384 g/mol. The zero-order valence-corrected chi connectivity index (χ0v) is 18.0. The quantitative estimate of drug-likeness (QED) is 0.693. The Balaban J connectivity index is 1.46. The fourth-order valence-corrected chi connectivity index (χ4v) is 4.52. The third kappa shape index (κ3) is 6.37. The van der Waals surface area contributed by atoms with Crippen molar-refractivity contribution >= 4 is 28.8 Å². The van der Waals surface area contributed by atoms with E-state index in [0.717, 1.165) is 56.0 Å². The van der Waals surface area contributed by atoms with Crippen molar-refractivity contribution in [2.75, 3.05) is 25.0 Å². The summed E-state index contributed by atoms with van der Waals surface area (Å²) in [6.07, 6.45) is 3.55. The molecule has 0 unspecified atom stereocenters. The lowest BCUT2D eigenvalue weighted by atomic mass is 9.96. The number of rotatable bonds is 8. The number of anilines is 1. The van der Waals surface area contributed by atoms with E-state index in [9.17, 15) is 9.59 Å². The Morgan fingerprint density at radius 3 is 2.55 bits per heavy atom. The molecule has 1 aromatic carbocycles. The van der Waals surface area contributed by atoms with Crippen LogP contribution in [0.2, 0.25) is 0 Å². The van der Waals surface area contributed by atoms with Gasteiger partial charge in [-0.2, -0.15) is 0 Å². The Morgan fingerprint density at radius 2 is 1.93 bits per heavy atom. The first-order chi connectivity index (χ1) is 13.9.